The van der Waals surface area contributed by atoms with Gasteiger partial charge in [0.25, 0.3) is 0 Å². The number of ether oxygens (including phenoxy) is 2. The number of hydrogen-bond acceptors (Lipinski definition) is 4. The predicted octanol–water partition coefficient (Wildman–Crippen LogP) is 5.11. The van der Waals surface area contributed by atoms with E-state index in [-0.39, 0.29) is 23.9 Å². The Morgan fingerprint density at radius 2 is 1.91 bits per heavy atom. The molecule has 0 unspecified atom stereocenters. The molecule has 2 heterocycles. The molecule has 1 amide bonds. The Bertz CT molecular complexity index is 1190. The lowest BCUT2D eigenvalue weighted by molar-refractivity contribution is -0.134. The maximum absolute atomic E-state index is 13.6. The maximum Gasteiger partial charge on any atom is 0.250 e. The smallest absolute Gasteiger partial charge is 0.250 e. The Kier molecular flexibility index (Phi) is 7.12. The highest BCUT2D eigenvalue weighted by atomic mass is 19.1. The van der Waals surface area contributed by atoms with Crippen molar-refractivity contribution < 1.29 is 18.7 Å². The Hall–Kier alpha value is -3.45. The first-order valence-electron chi connectivity index (χ1n) is 11.4. The molecule has 1 aliphatic rings. The fraction of sp³-hybridized carbons (Fsp3) is 0.333. The Balaban J connectivity index is 1.64. The van der Waals surface area contributed by atoms with E-state index in [1.165, 1.54) is 12.1 Å². The number of hydrogen-bond donors (Lipinski definition) is 0. The van der Waals surface area contributed by atoms with Crippen molar-refractivity contribution in [2.75, 3.05) is 20.8 Å². The van der Waals surface area contributed by atoms with Crippen molar-refractivity contribution in [2.45, 2.75) is 38.8 Å². The van der Waals surface area contributed by atoms with E-state index in [9.17, 15) is 9.18 Å². The summed E-state index contributed by atoms with van der Waals surface area (Å²) >= 11 is 0. The summed E-state index contributed by atoms with van der Waals surface area (Å²) in [6, 6.07) is 11.9. The molecule has 0 aliphatic carbocycles. The summed E-state index contributed by atoms with van der Waals surface area (Å²) in [5.41, 5.74) is 4.27. The Morgan fingerprint density at radius 3 is 2.56 bits per heavy atom. The number of halogens is 1. The van der Waals surface area contributed by atoms with Crippen LogP contribution in [0.4, 0.5) is 4.39 Å². The minimum absolute atomic E-state index is 0.0299. The van der Waals surface area contributed by atoms with Crippen molar-refractivity contribution in [2.24, 2.45) is 0 Å². The fourth-order valence-corrected chi connectivity index (χ4v) is 4.48. The van der Waals surface area contributed by atoms with Gasteiger partial charge in [-0.15, -0.1) is 0 Å². The van der Waals surface area contributed by atoms with Crippen LogP contribution >= 0.6 is 0 Å². The van der Waals surface area contributed by atoms with E-state index < -0.39 is 0 Å². The van der Waals surface area contributed by atoms with E-state index in [0.717, 1.165) is 34.5 Å². The summed E-state index contributed by atoms with van der Waals surface area (Å²) in [6.45, 7) is 4.49. The molecule has 2 aromatic carbocycles. The van der Waals surface area contributed by atoms with Crippen LogP contribution in [-0.4, -0.2) is 47.2 Å². The highest BCUT2D eigenvalue weighted by Crippen LogP contribution is 2.33. The average molecular weight is 464 g/mol. The quantitative estimate of drug-likeness (QED) is 0.457. The van der Waals surface area contributed by atoms with Crippen LogP contribution in [0.3, 0.4) is 0 Å². The summed E-state index contributed by atoms with van der Waals surface area (Å²) in [5, 5.41) is 0. The van der Waals surface area contributed by atoms with Crippen LogP contribution in [0.5, 0.6) is 5.75 Å². The standard InChI is InChI=1S/C27H30FN3O3/c1-18-16-30(17-29-18)24-12-7-20(15-25(24)34-4)14-22-6-5-13-31(27(22)32)26(19(2)33-3)21-8-10-23(28)11-9-21/h7-12,14-17,19,26H,5-6,13H2,1-4H3/t19-,26+/m1/s1. The number of amides is 1. The van der Waals surface area contributed by atoms with Crippen molar-refractivity contribution in [3.8, 4) is 11.4 Å². The summed E-state index contributed by atoms with van der Waals surface area (Å²) in [6.07, 6.45) is 6.91. The van der Waals surface area contributed by atoms with Gasteiger partial charge in [-0.05, 0) is 68.2 Å². The first-order valence-corrected chi connectivity index (χ1v) is 11.4. The van der Waals surface area contributed by atoms with Crippen molar-refractivity contribution >= 4 is 12.0 Å². The van der Waals surface area contributed by atoms with Gasteiger partial charge in [-0.3, -0.25) is 4.79 Å². The number of piperidine rings is 1. The summed E-state index contributed by atoms with van der Waals surface area (Å²) in [5.74, 6) is 0.364. The second-order valence-electron chi connectivity index (χ2n) is 8.56. The zero-order valence-electron chi connectivity index (χ0n) is 20.0. The molecule has 4 rings (SSSR count). The number of aromatic nitrogens is 2. The number of rotatable bonds is 7. The highest BCUT2D eigenvalue weighted by molar-refractivity contribution is 5.99. The molecule has 0 N–H and O–H groups in total. The van der Waals surface area contributed by atoms with Gasteiger partial charge in [-0.25, -0.2) is 9.37 Å². The normalized spacial score (nSPS) is 17.1. The van der Waals surface area contributed by atoms with Gasteiger partial charge >= 0.3 is 0 Å². The van der Waals surface area contributed by atoms with Crippen LogP contribution < -0.4 is 4.74 Å². The molecule has 3 aromatic rings. The number of imidazole rings is 1. The molecule has 0 saturated carbocycles. The van der Waals surface area contributed by atoms with Crippen molar-refractivity contribution in [1.29, 1.82) is 0 Å². The van der Waals surface area contributed by atoms with E-state index in [1.807, 2.05) is 53.8 Å². The lowest BCUT2D eigenvalue weighted by Gasteiger charge is -2.38. The molecule has 0 spiro atoms. The lowest BCUT2D eigenvalue weighted by Crippen LogP contribution is -2.44. The first kappa shape index (κ1) is 23.7. The van der Waals surface area contributed by atoms with Gasteiger partial charge in [-0.1, -0.05) is 18.2 Å². The number of likely N-dealkylation sites (tertiary alicyclic amines) is 1. The third-order valence-corrected chi connectivity index (χ3v) is 6.28. The third-order valence-electron chi connectivity index (χ3n) is 6.28. The number of benzene rings is 2. The molecule has 0 bridgehead atoms. The number of carbonyl (C=O) groups is 1. The first-order chi connectivity index (χ1) is 16.4. The van der Waals surface area contributed by atoms with Crippen molar-refractivity contribution in [3.63, 3.8) is 0 Å². The van der Waals surface area contributed by atoms with Crippen LogP contribution in [-0.2, 0) is 9.53 Å². The van der Waals surface area contributed by atoms with E-state index in [0.29, 0.717) is 18.7 Å². The molecule has 178 valence electrons. The van der Waals surface area contributed by atoms with E-state index in [1.54, 1.807) is 32.7 Å². The van der Waals surface area contributed by atoms with Crippen LogP contribution in [0.15, 0.2) is 60.6 Å². The average Bonchev–Trinajstić information content (AvgIpc) is 3.28. The molecule has 1 saturated heterocycles. The minimum atomic E-state index is -0.304. The van der Waals surface area contributed by atoms with Gasteiger partial charge in [0, 0.05) is 25.4 Å². The molecule has 1 aromatic heterocycles. The van der Waals surface area contributed by atoms with Gasteiger partial charge in [0.2, 0.25) is 5.91 Å². The molecule has 7 heteroatoms. The number of carbonyl (C=O) groups excluding carboxylic acids is 1. The van der Waals surface area contributed by atoms with Crippen molar-refractivity contribution in [1.82, 2.24) is 14.5 Å². The van der Waals surface area contributed by atoms with E-state index >= 15 is 0 Å². The maximum atomic E-state index is 13.6. The molecular weight excluding hydrogens is 433 g/mol. The van der Waals surface area contributed by atoms with Gasteiger partial charge < -0.3 is 18.9 Å². The highest BCUT2D eigenvalue weighted by Gasteiger charge is 2.33. The van der Waals surface area contributed by atoms with Crippen LogP contribution in [0.1, 0.15) is 42.6 Å². The predicted molar refractivity (Wildman–Crippen MR) is 129 cm³/mol. The Morgan fingerprint density at radius 1 is 1.15 bits per heavy atom. The molecule has 2 atom stereocenters. The zero-order valence-corrected chi connectivity index (χ0v) is 20.0. The van der Waals surface area contributed by atoms with Gasteiger partial charge in [-0.2, -0.15) is 0 Å². The molecule has 6 nitrogen and oxygen atoms in total. The van der Waals surface area contributed by atoms with Crippen LogP contribution in [0.2, 0.25) is 0 Å². The van der Waals surface area contributed by atoms with Gasteiger partial charge in [0.05, 0.1) is 37.0 Å². The number of methoxy groups -OCH3 is 2. The van der Waals surface area contributed by atoms with Gasteiger partial charge in [0.1, 0.15) is 11.6 Å². The second kappa shape index (κ2) is 10.2. The summed E-state index contributed by atoms with van der Waals surface area (Å²) in [7, 11) is 3.26. The summed E-state index contributed by atoms with van der Waals surface area (Å²) in [4.78, 5) is 19.7. The largest absolute Gasteiger partial charge is 0.495 e. The molecule has 1 aliphatic heterocycles. The fourth-order valence-electron chi connectivity index (χ4n) is 4.48. The van der Waals surface area contributed by atoms with E-state index in [2.05, 4.69) is 4.98 Å². The zero-order chi connectivity index (χ0) is 24.2. The number of aryl methyl sites for hydroxylation is 1. The Labute approximate surface area is 199 Å². The van der Waals surface area contributed by atoms with Gasteiger partial charge in [0.15, 0.2) is 0 Å². The van der Waals surface area contributed by atoms with Crippen LogP contribution in [0.25, 0.3) is 11.8 Å². The molecule has 0 radical (unpaired) electrons. The third kappa shape index (κ3) is 4.89. The monoisotopic (exact) mass is 463 g/mol. The van der Waals surface area contributed by atoms with E-state index in [4.69, 9.17) is 9.47 Å². The minimum Gasteiger partial charge on any atom is -0.495 e. The number of nitrogens with zero attached hydrogens (tertiary/aromatic N) is 3. The molecular formula is C27H30FN3O3. The summed E-state index contributed by atoms with van der Waals surface area (Å²) < 4.78 is 26.7. The van der Waals surface area contributed by atoms with Crippen LogP contribution in [0, 0.1) is 12.7 Å². The molecule has 1 fully saturated rings. The second-order valence-corrected chi connectivity index (χ2v) is 8.56. The lowest BCUT2D eigenvalue weighted by atomic mass is 9.94. The van der Waals surface area contributed by atoms with Crippen molar-refractivity contribution in [3.05, 3.63) is 83.2 Å². The topological polar surface area (TPSA) is 56.6 Å². The molecule has 34 heavy (non-hydrogen) atoms. The SMILES string of the molecule is COc1cc(C=C2CCCN([C@H](c3ccc(F)cc3)[C@@H](C)OC)C2=O)ccc1-n1cnc(C)c1.